The molecule has 114 valence electrons. The molecular formula is C13H15BrN2O5. The quantitative estimate of drug-likeness (QED) is 0.762. The van der Waals surface area contributed by atoms with Gasteiger partial charge in [0.2, 0.25) is 0 Å². The molecule has 1 unspecified atom stereocenters. The van der Waals surface area contributed by atoms with Gasteiger partial charge in [0.25, 0.3) is 0 Å². The highest BCUT2D eigenvalue weighted by Crippen LogP contribution is 2.27. The number of amides is 2. The number of methoxy groups -OCH3 is 1. The summed E-state index contributed by atoms with van der Waals surface area (Å²) in [7, 11) is 1.54. The second-order valence-corrected chi connectivity index (χ2v) is 5.47. The molecule has 0 aromatic heterocycles. The van der Waals surface area contributed by atoms with Crippen molar-refractivity contribution in [3.63, 3.8) is 0 Å². The van der Waals surface area contributed by atoms with Crippen LogP contribution in [0.5, 0.6) is 5.75 Å². The predicted molar refractivity (Wildman–Crippen MR) is 78.7 cm³/mol. The zero-order valence-electron chi connectivity index (χ0n) is 11.3. The number of benzene rings is 1. The third-order valence-corrected chi connectivity index (χ3v) is 3.81. The fourth-order valence-corrected chi connectivity index (χ4v) is 2.55. The molecule has 1 aromatic rings. The van der Waals surface area contributed by atoms with Gasteiger partial charge in [0, 0.05) is 18.7 Å². The Morgan fingerprint density at radius 2 is 2.24 bits per heavy atom. The number of urea groups is 1. The van der Waals surface area contributed by atoms with Gasteiger partial charge in [-0.25, -0.2) is 9.59 Å². The molecule has 2 amide bonds. The number of hydrogen-bond acceptors (Lipinski definition) is 4. The number of carboxylic acids is 1. The normalized spacial score (nSPS) is 20.9. The van der Waals surface area contributed by atoms with Crippen molar-refractivity contribution in [3.05, 3.63) is 22.7 Å². The zero-order chi connectivity index (χ0) is 15.5. The number of carbonyl (C=O) groups excluding carboxylic acids is 1. The molecule has 0 radical (unpaired) electrons. The molecule has 1 atom stereocenters. The summed E-state index contributed by atoms with van der Waals surface area (Å²) in [5, 5.41) is 14.3. The summed E-state index contributed by atoms with van der Waals surface area (Å²) in [6, 6.07) is 4.41. The molecule has 0 aliphatic carbocycles. The van der Waals surface area contributed by atoms with Crippen molar-refractivity contribution >= 4 is 33.6 Å². The topological polar surface area (TPSA) is 96.9 Å². The van der Waals surface area contributed by atoms with Gasteiger partial charge in [0.1, 0.15) is 5.75 Å². The van der Waals surface area contributed by atoms with Gasteiger partial charge in [-0.2, -0.15) is 0 Å². The lowest BCUT2D eigenvalue weighted by molar-refractivity contribution is -0.144. The van der Waals surface area contributed by atoms with E-state index in [4.69, 9.17) is 9.47 Å². The van der Waals surface area contributed by atoms with E-state index in [2.05, 4.69) is 26.6 Å². The van der Waals surface area contributed by atoms with Gasteiger partial charge in [-0.15, -0.1) is 0 Å². The largest absolute Gasteiger partial charge is 0.496 e. The lowest BCUT2D eigenvalue weighted by atomic mass is 9.99. The Kier molecular flexibility index (Phi) is 4.69. The van der Waals surface area contributed by atoms with Crippen LogP contribution in [-0.4, -0.2) is 43.0 Å². The Hall–Kier alpha value is -1.80. The van der Waals surface area contributed by atoms with E-state index in [-0.39, 0.29) is 13.0 Å². The first-order valence-electron chi connectivity index (χ1n) is 6.21. The first-order valence-corrected chi connectivity index (χ1v) is 7.00. The second kappa shape index (κ2) is 6.31. The van der Waals surface area contributed by atoms with Crippen LogP contribution in [-0.2, 0) is 9.53 Å². The smallest absolute Gasteiger partial charge is 0.332 e. The molecule has 0 spiro atoms. The number of aliphatic carboxylic acids is 1. The molecule has 1 fully saturated rings. The van der Waals surface area contributed by atoms with Crippen molar-refractivity contribution in [2.45, 2.75) is 12.0 Å². The third-order valence-electron chi connectivity index (χ3n) is 3.19. The molecule has 3 N–H and O–H groups in total. The highest BCUT2D eigenvalue weighted by Gasteiger charge is 2.44. The molecule has 21 heavy (non-hydrogen) atoms. The number of ether oxygens (including phenoxy) is 2. The predicted octanol–water partition coefficient (Wildman–Crippen LogP) is 1.82. The van der Waals surface area contributed by atoms with Crippen molar-refractivity contribution in [2.24, 2.45) is 0 Å². The van der Waals surface area contributed by atoms with E-state index in [1.165, 1.54) is 7.11 Å². The maximum absolute atomic E-state index is 12.0. The monoisotopic (exact) mass is 358 g/mol. The van der Waals surface area contributed by atoms with E-state index >= 15 is 0 Å². The van der Waals surface area contributed by atoms with Gasteiger partial charge < -0.3 is 25.2 Å². The maximum Gasteiger partial charge on any atom is 0.332 e. The second-order valence-electron chi connectivity index (χ2n) is 4.62. The van der Waals surface area contributed by atoms with Crippen LogP contribution in [0.1, 0.15) is 6.42 Å². The van der Waals surface area contributed by atoms with Gasteiger partial charge in [0.15, 0.2) is 5.54 Å². The lowest BCUT2D eigenvalue weighted by Gasteiger charge is -2.23. The van der Waals surface area contributed by atoms with Crippen LogP contribution in [0.15, 0.2) is 22.7 Å². The van der Waals surface area contributed by atoms with Crippen molar-refractivity contribution < 1.29 is 24.2 Å². The summed E-state index contributed by atoms with van der Waals surface area (Å²) >= 11 is 3.31. The minimum absolute atomic E-state index is 0.0396. The van der Waals surface area contributed by atoms with Crippen LogP contribution in [0.2, 0.25) is 0 Å². The van der Waals surface area contributed by atoms with Gasteiger partial charge >= 0.3 is 12.0 Å². The summed E-state index contributed by atoms with van der Waals surface area (Å²) in [6.07, 6.45) is 0.238. The van der Waals surface area contributed by atoms with Crippen molar-refractivity contribution in [2.75, 3.05) is 25.6 Å². The summed E-state index contributed by atoms with van der Waals surface area (Å²) < 4.78 is 10.8. The maximum atomic E-state index is 12.0. The first kappa shape index (κ1) is 15.6. The average molecular weight is 359 g/mol. The SMILES string of the molecule is COc1ccc(NC(=O)NC2(C(=O)O)CCOC2)cc1Br. The molecule has 8 heteroatoms. The summed E-state index contributed by atoms with van der Waals surface area (Å²) in [4.78, 5) is 23.3. The van der Waals surface area contributed by atoms with Gasteiger partial charge in [0.05, 0.1) is 18.2 Å². The number of anilines is 1. The van der Waals surface area contributed by atoms with E-state index in [1.807, 2.05) is 0 Å². The minimum atomic E-state index is -1.37. The molecule has 1 aromatic carbocycles. The molecule has 2 rings (SSSR count). The number of hydrogen-bond donors (Lipinski definition) is 3. The number of carboxylic acid groups (broad SMARTS) is 1. The van der Waals surface area contributed by atoms with E-state index in [0.29, 0.717) is 22.5 Å². The molecule has 0 saturated carbocycles. The van der Waals surface area contributed by atoms with Gasteiger partial charge in [-0.3, -0.25) is 0 Å². The number of rotatable bonds is 4. The summed E-state index contributed by atoms with van der Waals surface area (Å²) in [6.45, 7) is 0.267. The van der Waals surface area contributed by atoms with E-state index < -0.39 is 17.5 Å². The number of carbonyl (C=O) groups is 2. The van der Waals surface area contributed by atoms with Crippen molar-refractivity contribution in [1.82, 2.24) is 5.32 Å². The highest BCUT2D eigenvalue weighted by atomic mass is 79.9. The van der Waals surface area contributed by atoms with E-state index in [1.54, 1.807) is 18.2 Å². The molecule has 7 nitrogen and oxygen atoms in total. The van der Waals surface area contributed by atoms with E-state index in [0.717, 1.165) is 0 Å². The Labute approximate surface area is 129 Å². The van der Waals surface area contributed by atoms with Crippen molar-refractivity contribution in [1.29, 1.82) is 0 Å². The minimum Gasteiger partial charge on any atom is -0.496 e. The standard InChI is InChI=1S/C13H15BrN2O5/c1-20-10-3-2-8(6-9(10)14)15-12(19)16-13(11(17)18)4-5-21-7-13/h2-3,6H,4-5,7H2,1H3,(H,17,18)(H2,15,16,19). The van der Waals surface area contributed by atoms with Crippen molar-refractivity contribution in [3.8, 4) is 5.75 Å². The fraction of sp³-hybridized carbons (Fsp3) is 0.385. The summed E-state index contributed by atoms with van der Waals surface area (Å²) in [5.41, 5.74) is -0.854. The third kappa shape index (κ3) is 3.45. The Morgan fingerprint density at radius 3 is 2.76 bits per heavy atom. The highest BCUT2D eigenvalue weighted by molar-refractivity contribution is 9.10. The molecular weight excluding hydrogens is 344 g/mol. The van der Waals surface area contributed by atoms with Gasteiger partial charge in [-0.1, -0.05) is 0 Å². The molecule has 0 bridgehead atoms. The van der Waals surface area contributed by atoms with Crippen LogP contribution in [0.4, 0.5) is 10.5 Å². The van der Waals surface area contributed by atoms with E-state index in [9.17, 15) is 14.7 Å². The Morgan fingerprint density at radius 1 is 1.48 bits per heavy atom. The number of halogens is 1. The first-order chi connectivity index (χ1) is 9.97. The molecule has 1 saturated heterocycles. The number of nitrogens with one attached hydrogen (secondary N) is 2. The molecule has 1 aliphatic rings. The van der Waals surface area contributed by atoms with Crippen LogP contribution in [0, 0.1) is 0 Å². The fourth-order valence-electron chi connectivity index (χ4n) is 2.01. The van der Waals surface area contributed by atoms with Crippen LogP contribution in [0.25, 0.3) is 0 Å². The lowest BCUT2D eigenvalue weighted by Crippen LogP contribution is -2.56. The molecule has 1 heterocycles. The zero-order valence-corrected chi connectivity index (χ0v) is 12.9. The van der Waals surface area contributed by atoms with Gasteiger partial charge in [-0.05, 0) is 34.1 Å². The van der Waals surface area contributed by atoms with Crippen LogP contribution in [0.3, 0.4) is 0 Å². The van der Waals surface area contributed by atoms with Crippen LogP contribution < -0.4 is 15.4 Å². The van der Waals surface area contributed by atoms with Crippen LogP contribution >= 0.6 is 15.9 Å². The summed E-state index contributed by atoms with van der Waals surface area (Å²) in [5.74, 6) is -0.474. The Bertz CT molecular complexity index is 557. The Balaban J connectivity index is 2.04. The average Bonchev–Trinajstić information content (AvgIpc) is 2.88. The molecule has 1 aliphatic heterocycles.